The molecule has 1 unspecified atom stereocenters. The van der Waals surface area contributed by atoms with Gasteiger partial charge in [-0.05, 0) is 56.4 Å². The first-order valence-corrected chi connectivity index (χ1v) is 12.4. The van der Waals surface area contributed by atoms with Crippen LogP contribution in [0.1, 0.15) is 73.5 Å². The Kier molecular flexibility index (Phi) is 12.1. The van der Waals surface area contributed by atoms with Gasteiger partial charge in [0.25, 0.3) is 0 Å². The molecule has 3 rings (SSSR count). The van der Waals surface area contributed by atoms with Crippen LogP contribution in [0, 0.1) is 0 Å². The molecule has 1 heterocycles. The number of hydrogen-bond acceptors (Lipinski definition) is 7. The molecular formula is C28H35NaO7. The van der Waals surface area contributed by atoms with Crippen LogP contribution in [-0.4, -0.2) is 38.2 Å². The maximum Gasteiger partial charge on any atom is 1.00 e. The third-order valence-corrected chi connectivity index (χ3v) is 6.10. The molecule has 2 aromatic carbocycles. The summed E-state index contributed by atoms with van der Waals surface area (Å²) in [7, 11) is 1.57. The molecule has 0 bridgehead atoms. The van der Waals surface area contributed by atoms with Gasteiger partial charge in [0.15, 0.2) is 5.78 Å². The van der Waals surface area contributed by atoms with Crippen molar-refractivity contribution in [2.45, 2.75) is 71.8 Å². The molecule has 190 valence electrons. The fourth-order valence-corrected chi connectivity index (χ4v) is 4.44. The summed E-state index contributed by atoms with van der Waals surface area (Å²) < 4.78 is 23.4. The molecule has 0 spiro atoms. The van der Waals surface area contributed by atoms with Crippen LogP contribution in [0.25, 0.3) is 0 Å². The van der Waals surface area contributed by atoms with E-state index in [2.05, 4.69) is 13.8 Å². The predicted octanol–water partition coefficient (Wildman–Crippen LogP) is 1.10. The van der Waals surface area contributed by atoms with E-state index in [1.54, 1.807) is 13.2 Å². The summed E-state index contributed by atoms with van der Waals surface area (Å²) in [5.41, 5.74) is 3.38. The summed E-state index contributed by atoms with van der Waals surface area (Å²) in [6, 6.07) is 7.47. The Hall–Kier alpha value is -2.22. The van der Waals surface area contributed by atoms with E-state index in [1.807, 2.05) is 18.2 Å². The van der Waals surface area contributed by atoms with Gasteiger partial charge in [-0.15, -0.1) is 0 Å². The van der Waals surface area contributed by atoms with Gasteiger partial charge in [0.05, 0.1) is 31.9 Å². The Morgan fingerprint density at radius 1 is 1.00 bits per heavy atom. The van der Waals surface area contributed by atoms with Crippen molar-refractivity contribution < 1.29 is 63.2 Å². The molecule has 1 aliphatic rings. The van der Waals surface area contributed by atoms with Crippen molar-refractivity contribution in [2.24, 2.45) is 0 Å². The first-order valence-electron chi connectivity index (χ1n) is 12.4. The van der Waals surface area contributed by atoms with Crippen LogP contribution in [0.5, 0.6) is 23.0 Å². The van der Waals surface area contributed by atoms with Crippen LogP contribution in [-0.2, 0) is 24.1 Å². The Morgan fingerprint density at radius 3 is 2.19 bits per heavy atom. The van der Waals surface area contributed by atoms with Gasteiger partial charge in [-0.25, -0.2) is 0 Å². The van der Waals surface area contributed by atoms with Crippen molar-refractivity contribution in [3.63, 3.8) is 0 Å². The van der Waals surface area contributed by atoms with Gasteiger partial charge < -0.3 is 28.8 Å². The molecule has 0 saturated carbocycles. The van der Waals surface area contributed by atoms with Crippen molar-refractivity contribution in [3.05, 3.63) is 46.5 Å². The van der Waals surface area contributed by atoms with Crippen molar-refractivity contribution in [2.75, 3.05) is 20.3 Å². The smallest absolute Gasteiger partial charge is 0.546 e. The van der Waals surface area contributed by atoms with Crippen molar-refractivity contribution >= 4 is 11.8 Å². The van der Waals surface area contributed by atoms with Gasteiger partial charge in [-0.2, -0.15) is 0 Å². The topological polar surface area (TPSA) is 94.1 Å². The number of carboxylic acid groups (broad SMARTS) is 1. The number of aliphatic carboxylic acids is 1. The van der Waals surface area contributed by atoms with Gasteiger partial charge >= 0.3 is 29.6 Å². The number of aryl methyl sites for hydroxylation is 1. The summed E-state index contributed by atoms with van der Waals surface area (Å²) >= 11 is 0. The van der Waals surface area contributed by atoms with Crippen molar-refractivity contribution in [1.29, 1.82) is 0 Å². The number of hydrogen-bond donors (Lipinski definition) is 0. The molecule has 0 aliphatic carbocycles. The number of rotatable bonds is 13. The zero-order valence-corrected chi connectivity index (χ0v) is 24.1. The number of carboxylic acids is 1. The minimum Gasteiger partial charge on any atom is -0.546 e. The van der Waals surface area contributed by atoms with E-state index in [-0.39, 0.29) is 35.3 Å². The molecule has 0 aromatic heterocycles. The zero-order chi connectivity index (χ0) is 25.4. The van der Waals surface area contributed by atoms with Gasteiger partial charge in [0.2, 0.25) is 0 Å². The van der Waals surface area contributed by atoms with Crippen LogP contribution >= 0.6 is 0 Å². The number of fused-ring (bicyclic) bond motifs is 1. The minimum atomic E-state index is -1.18. The molecule has 36 heavy (non-hydrogen) atoms. The summed E-state index contributed by atoms with van der Waals surface area (Å²) in [4.78, 5) is 23.3. The SMILES string of the molecule is CCCc1c(OCCCOc2ccc(C(C)=O)c(OC)c2CCC)ccc2c1OC(C(=O)[O-])CC2.[Na+]. The summed E-state index contributed by atoms with van der Waals surface area (Å²) in [5, 5.41) is 11.3. The maximum atomic E-state index is 12.0. The van der Waals surface area contributed by atoms with E-state index in [9.17, 15) is 14.7 Å². The standard InChI is InChI=1S/C28H36O7.Na/c1-5-8-21-23(13-10-19-11-14-25(28(30)31)35-26(19)21)33-16-7-17-34-24-15-12-20(18(3)29)27(32-4)22(24)9-6-2;/h10,12-13,15,25H,5-9,11,14,16-17H2,1-4H3,(H,30,31);/q;+1/p-1. The molecule has 2 aromatic rings. The van der Waals surface area contributed by atoms with Gasteiger partial charge in [-0.3, -0.25) is 4.79 Å². The molecule has 0 saturated heterocycles. The summed E-state index contributed by atoms with van der Waals surface area (Å²) in [5.74, 6) is 1.42. The van der Waals surface area contributed by atoms with Gasteiger partial charge in [-0.1, -0.05) is 32.8 Å². The summed E-state index contributed by atoms with van der Waals surface area (Å²) in [6.07, 6.45) is 4.04. The Labute approximate surface area is 235 Å². The second kappa shape index (κ2) is 14.5. The van der Waals surface area contributed by atoms with Gasteiger partial charge in [0, 0.05) is 17.5 Å². The Balaban J connectivity index is 0.00000456. The third-order valence-electron chi connectivity index (χ3n) is 6.10. The largest absolute Gasteiger partial charge is 1.00 e. The second-order valence-corrected chi connectivity index (χ2v) is 8.72. The predicted molar refractivity (Wildman–Crippen MR) is 131 cm³/mol. The number of Topliss-reactive ketones (excluding diaryl/α,β-unsaturated/α-hetero) is 1. The van der Waals surface area contributed by atoms with E-state index in [0.29, 0.717) is 55.3 Å². The van der Waals surface area contributed by atoms with E-state index in [1.165, 1.54) is 6.92 Å². The molecule has 1 atom stereocenters. The first kappa shape index (κ1) is 30.0. The average Bonchev–Trinajstić information content (AvgIpc) is 2.85. The second-order valence-electron chi connectivity index (χ2n) is 8.72. The van der Waals surface area contributed by atoms with E-state index in [4.69, 9.17) is 18.9 Å². The fourth-order valence-electron chi connectivity index (χ4n) is 4.44. The molecule has 8 heteroatoms. The number of ether oxygens (including phenoxy) is 4. The molecule has 0 fully saturated rings. The van der Waals surface area contributed by atoms with Crippen LogP contribution < -0.4 is 53.6 Å². The Morgan fingerprint density at radius 2 is 1.61 bits per heavy atom. The number of ketones is 1. The summed E-state index contributed by atoms with van der Waals surface area (Å²) in [6.45, 7) is 6.54. The van der Waals surface area contributed by atoms with Crippen molar-refractivity contribution in [1.82, 2.24) is 0 Å². The molecule has 7 nitrogen and oxygen atoms in total. The number of carbonyl (C=O) groups excluding carboxylic acids is 2. The minimum absolute atomic E-state index is 0. The average molecular weight is 507 g/mol. The monoisotopic (exact) mass is 506 g/mol. The van der Waals surface area contributed by atoms with E-state index < -0.39 is 12.1 Å². The third kappa shape index (κ3) is 7.17. The Bertz CT molecular complexity index is 1050. The normalized spacial score (nSPS) is 14.2. The van der Waals surface area contributed by atoms with Crippen LogP contribution in [0.3, 0.4) is 0 Å². The number of benzene rings is 2. The molecular weight excluding hydrogens is 471 g/mol. The van der Waals surface area contributed by atoms with Crippen LogP contribution in [0.2, 0.25) is 0 Å². The molecule has 0 radical (unpaired) electrons. The van der Waals surface area contributed by atoms with Gasteiger partial charge in [0.1, 0.15) is 29.1 Å². The van der Waals surface area contributed by atoms with E-state index in [0.717, 1.165) is 48.1 Å². The van der Waals surface area contributed by atoms with Crippen LogP contribution in [0.4, 0.5) is 0 Å². The maximum absolute atomic E-state index is 12.0. The van der Waals surface area contributed by atoms with Crippen molar-refractivity contribution in [3.8, 4) is 23.0 Å². The first-order chi connectivity index (χ1) is 16.9. The van der Waals surface area contributed by atoms with E-state index >= 15 is 0 Å². The molecule has 0 amide bonds. The fraction of sp³-hybridized carbons (Fsp3) is 0.500. The molecule has 0 N–H and O–H groups in total. The number of carbonyl (C=O) groups is 2. The molecule has 1 aliphatic heterocycles. The quantitative estimate of drug-likeness (QED) is 0.228. The zero-order valence-electron chi connectivity index (χ0n) is 22.1. The number of methoxy groups -OCH3 is 1. The van der Waals surface area contributed by atoms with Crippen LogP contribution in [0.15, 0.2) is 24.3 Å².